The van der Waals surface area contributed by atoms with Crippen LogP contribution in [0.1, 0.15) is 58.9 Å². The number of carboxylic acid groups (broad SMARTS) is 1. The maximum Gasteiger partial charge on any atom is 0.337 e. The summed E-state index contributed by atoms with van der Waals surface area (Å²) in [7, 11) is 0. The molecule has 7 heteroatoms. The molecule has 3 heterocycles. The highest BCUT2D eigenvalue weighted by Crippen LogP contribution is 2.41. The molecule has 6 nitrogen and oxygen atoms in total. The van der Waals surface area contributed by atoms with Gasteiger partial charge in [0.15, 0.2) is 5.11 Å². The fraction of sp³-hybridized carbons (Fsp3) is 0.320. The fourth-order valence-electron chi connectivity index (χ4n) is 4.64. The molecule has 3 aromatic rings. The minimum absolute atomic E-state index is 0.0447. The van der Waals surface area contributed by atoms with Gasteiger partial charge in [-0.25, -0.2) is 4.79 Å². The number of rotatable bonds is 6. The molecular formula is C25H28N4O2S. The van der Waals surface area contributed by atoms with Crippen molar-refractivity contribution in [1.29, 1.82) is 0 Å². The zero-order valence-electron chi connectivity index (χ0n) is 18.7. The molecule has 0 bridgehead atoms. The van der Waals surface area contributed by atoms with Gasteiger partial charge in [0, 0.05) is 24.1 Å². The summed E-state index contributed by atoms with van der Waals surface area (Å²) in [5.74, 6) is -0.512. The molecule has 2 N–H and O–H groups in total. The van der Waals surface area contributed by atoms with Crippen molar-refractivity contribution in [2.24, 2.45) is 5.92 Å². The smallest absolute Gasteiger partial charge is 0.337 e. The number of aromatic nitrogens is 2. The van der Waals surface area contributed by atoms with E-state index >= 15 is 0 Å². The van der Waals surface area contributed by atoms with Crippen LogP contribution in [-0.4, -0.2) is 37.2 Å². The zero-order chi connectivity index (χ0) is 23.0. The van der Waals surface area contributed by atoms with E-state index in [1.165, 1.54) is 0 Å². The summed E-state index contributed by atoms with van der Waals surface area (Å²) < 4.78 is 2.03. The van der Waals surface area contributed by atoms with Gasteiger partial charge in [0.1, 0.15) is 0 Å². The Bertz CT molecular complexity index is 1160. The van der Waals surface area contributed by atoms with E-state index in [1.807, 2.05) is 48.7 Å². The summed E-state index contributed by atoms with van der Waals surface area (Å²) in [5, 5.41) is 13.9. The van der Waals surface area contributed by atoms with Gasteiger partial charge in [-0.1, -0.05) is 32.0 Å². The number of hydrogen-bond acceptors (Lipinski definition) is 3. The van der Waals surface area contributed by atoms with Gasteiger partial charge in [0.05, 0.1) is 29.0 Å². The lowest BCUT2D eigenvalue weighted by Gasteiger charge is -2.29. The Kier molecular flexibility index (Phi) is 6.02. The summed E-state index contributed by atoms with van der Waals surface area (Å²) in [4.78, 5) is 18.7. The monoisotopic (exact) mass is 448 g/mol. The number of hydrogen-bond donors (Lipinski definition) is 2. The lowest BCUT2D eigenvalue weighted by molar-refractivity contribution is 0.0697. The first-order valence-corrected chi connectivity index (χ1v) is 11.2. The van der Waals surface area contributed by atoms with E-state index in [0.717, 1.165) is 34.3 Å². The highest BCUT2D eigenvalue weighted by Gasteiger charge is 2.41. The number of aryl methyl sites for hydroxylation is 1. The molecule has 0 radical (unpaired) electrons. The van der Waals surface area contributed by atoms with Crippen molar-refractivity contribution >= 4 is 23.3 Å². The number of nitrogens with zero attached hydrogens (tertiary/aromatic N) is 3. The number of pyridine rings is 1. The summed E-state index contributed by atoms with van der Waals surface area (Å²) in [6.45, 7) is 9.24. The largest absolute Gasteiger partial charge is 0.478 e. The minimum atomic E-state index is -0.939. The molecule has 0 spiro atoms. The molecule has 1 aliphatic heterocycles. The Morgan fingerprint density at radius 2 is 1.91 bits per heavy atom. The van der Waals surface area contributed by atoms with Crippen LogP contribution in [0.3, 0.4) is 0 Å². The van der Waals surface area contributed by atoms with E-state index in [1.54, 1.807) is 18.3 Å². The highest BCUT2D eigenvalue weighted by atomic mass is 32.1. The van der Waals surface area contributed by atoms with Crippen molar-refractivity contribution in [3.8, 4) is 5.69 Å². The maximum atomic E-state index is 11.9. The Balaban J connectivity index is 1.87. The normalized spacial score (nSPS) is 18.3. The van der Waals surface area contributed by atoms with E-state index < -0.39 is 5.97 Å². The number of para-hydroxylation sites is 1. The minimum Gasteiger partial charge on any atom is -0.478 e. The Hall–Kier alpha value is -3.19. The predicted molar refractivity (Wildman–Crippen MR) is 129 cm³/mol. The standard InChI is InChI=1S/C25H28N4O2S/c1-15(2)14-28-23(22(27-25(28)32)20-10-7-8-12-26-20)19-13-16(3)29(17(19)4)21-11-6-5-9-18(21)24(30)31/h5-13,15,22-23H,14H2,1-4H3,(H,27,32)(H,30,31)/t22-,23+/m0/s1. The van der Waals surface area contributed by atoms with Crippen LogP contribution < -0.4 is 5.32 Å². The molecular weight excluding hydrogens is 420 g/mol. The molecule has 1 aromatic carbocycles. The van der Waals surface area contributed by atoms with Crippen molar-refractivity contribution in [3.05, 3.63) is 82.9 Å². The van der Waals surface area contributed by atoms with Gasteiger partial charge in [0.2, 0.25) is 0 Å². The third-order valence-corrected chi connectivity index (χ3v) is 6.28. The van der Waals surface area contributed by atoms with Crippen molar-refractivity contribution in [3.63, 3.8) is 0 Å². The van der Waals surface area contributed by atoms with E-state index in [-0.39, 0.29) is 17.6 Å². The van der Waals surface area contributed by atoms with Crippen LogP contribution in [0.15, 0.2) is 54.7 Å². The third-order valence-electron chi connectivity index (χ3n) is 5.92. The van der Waals surface area contributed by atoms with Crippen molar-refractivity contribution in [2.75, 3.05) is 6.54 Å². The van der Waals surface area contributed by atoms with Crippen molar-refractivity contribution < 1.29 is 9.90 Å². The quantitative estimate of drug-likeness (QED) is 0.527. The third kappa shape index (κ3) is 3.88. The SMILES string of the molecule is Cc1cc([C@@H]2[C@H](c3ccccn3)NC(=S)N2CC(C)C)c(C)n1-c1ccccc1C(=O)O. The summed E-state index contributed by atoms with van der Waals surface area (Å²) in [5.41, 5.74) is 4.98. The van der Waals surface area contributed by atoms with E-state index in [4.69, 9.17) is 12.2 Å². The molecule has 0 aliphatic carbocycles. The van der Waals surface area contributed by atoms with Gasteiger partial charge < -0.3 is 19.9 Å². The molecule has 0 saturated carbocycles. The van der Waals surface area contributed by atoms with Crippen LogP contribution in [0.2, 0.25) is 0 Å². The van der Waals surface area contributed by atoms with Gasteiger partial charge in [-0.05, 0) is 67.9 Å². The molecule has 2 atom stereocenters. The number of nitrogens with one attached hydrogen (secondary N) is 1. The number of benzene rings is 1. The topological polar surface area (TPSA) is 70.4 Å². The van der Waals surface area contributed by atoms with Crippen LogP contribution >= 0.6 is 12.2 Å². The molecule has 1 saturated heterocycles. The first kappa shape index (κ1) is 22.0. The lowest BCUT2D eigenvalue weighted by atomic mass is 9.96. The van der Waals surface area contributed by atoms with E-state index in [0.29, 0.717) is 11.6 Å². The average Bonchev–Trinajstić information content (AvgIpc) is 3.23. The molecule has 0 unspecified atom stereocenters. The second kappa shape index (κ2) is 8.74. The Morgan fingerprint density at radius 1 is 1.19 bits per heavy atom. The molecule has 0 amide bonds. The van der Waals surface area contributed by atoms with Crippen LogP contribution in [0, 0.1) is 19.8 Å². The maximum absolute atomic E-state index is 11.9. The zero-order valence-corrected chi connectivity index (χ0v) is 19.6. The van der Waals surface area contributed by atoms with Gasteiger partial charge >= 0.3 is 5.97 Å². The van der Waals surface area contributed by atoms with Gasteiger partial charge in [0.25, 0.3) is 0 Å². The highest BCUT2D eigenvalue weighted by molar-refractivity contribution is 7.80. The number of carbonyl (C=O) groups is 1. The molecule has 1 fully saturated rings. The van der Waals surface area contributed by atoms with Crippen LogP contribution in [-0.2, 0) is 0 Å². The Labute approximate surface area is 193 Å². The van der Waals surface area contributed by atoms with Gasteiger partial charge in [-0.15, -0.1) is 0 Å². The summed E-state index contributed by atoms with van der Waals surface area (Å²) in [6.07, 6.45) is 1.80. The first-order chi connectivity index (χ1) is 15.3. The molecule has 166 valence electrons. The van der Waals surface area contributed by atoms with Crippen molar-refractivity contribution in [1.82, 2.24) is 19.8 Å². The first-order valence-electron chi connectivity index (χ1n) is 10.8. The number of thiocarbonyl (C=S) groups is 1. The van der Waals surface area contributed by atoms with Crippen molar-refractivity contribution in [2.45, 2.75) is 39.8 Å². The molecule has 2 aromatic heterocycles. The molecule has 1 aliphatic rings. The summed E-state index contributed by atoms with van der Waals surface area (Å²) >= 11 is 5.75. The van der Waals surface area contributed by atoms with Crippen LogP contribution in [0.4, 0.5) is 0 Å². The second-order valence-corrected chi connectivity index (χ2v) is 9.04. The molecule has 32 heavy (non-hydrogen) atoms. The van der Waals surface area contributed by atoms with E-state index in [9.17, 15) is 9.90 Å². The second-order valence-electron chi connectivity index (χ2n) is 8.66. The number of carboxylic acids is 1. The lowest BCUT2D eigenvalue weighted by Crippen LogP contribution is -2.33. The van der Waals surface area contributed by atoms with Crippen LogP contribution in [0.25, 0.3) is 5.69 Å². The van der Waals surface area contributed by atoms with Gasteiger partial charge in [-0.2, -0.15) is 0 Å². The van der Waals surface area contributed by atoms with Crippen LogP contribution in [0.5, 0.6) is 0 Å². The number of aromatic carboxylic acids is 1. The molecule has 4 rings (SSSR count). The van der Waals surface area contributed by atoms with Gasteiger partial charge in [-0.3, -0.25) is 4.98 Å². The Morgan fingerprint density at radius 3 is 2.56 bits per heavy atom. The fourth-order valence-corrected chi connectivity index (χ4v) is 4.96. The predicted octanol–water partition coefficient (Wildman–Crippen LogP) is 4.82. The van der Waals surface area contributed by atoms with E-state index in [2.05, 4.69) is 35.1 Å². The average molecular weight is 449 g/mol. The summed E-state index contributed by atoms with van der Waals surface area (Å²) in [6, 6.07) is 15.0.